The summed E-state index contributed by atoms with van der Waals surface area (Å²) in [5.41, 5.74) is 1.81. The fourth-order valence-corrected chi connectivity index (χ4v) is 1.89. The first-order valence-corrected chi connectivity index (χ1v) is 5.94. The van der Waals surface area contributed by atoms with Gasteiger partial charge in [-0.1, -0.05) is 13.0 Å². The van der Waals surface area contributed by atoms with E-state index in [-0.39, 0.29) is 12.0 Å². The summed E-state index contributed by atoms with van der Waals surface area (Å²) in [4.78, 5) is 15.9. The predicted molar refractivity (Wildman–Crippen MR) is 71.5 cm³/mol. The minimum atomic E-state index is -0.333. The van der Waals surface area contributed by atoms with Crippen molar-refractivity contribution in [3.8, 4) is 0 Å². The standard InChI is InChI=1S/C14H16N2O2/c1-3-11(14(17)18-2)16-13-8-4-7-12-10(13)6-5-9-15-12/h4-9,11,16H,3H2,1-2H3. The van der Waals surface area contributed by atoms with E-state index in [1.54, 1.807) is 6.20 Å². The summed E-state index contributed by atoms with van der Waals surface area (Å²) in [6.07, 6.45) is 2.42. The smallest absolute Gasteiger partial charge is 0.328 e. The van der Waals surface area contributed by atoms with E-state index >= 15 is 0 Å². The second-order valence-corrected chi connectivity index (χ2v) is 4.00. The van der Waals surface area contributed by atoms with Crippen LogP contribution in [0.5, 0.6) is 0 Å². The molecule has 0 fully saturated rings. The van der Waals surface area contributed by atoms with Crippen molar-refractivity contribution in [3.05, 3.63) is 36.5 Å². The maximum Gasteiger partial charge on any atom is 0.328 e. The number of carbonyl (C=O) groups excluding carboxylic acids is 1. The Morgan fingerprint density at radius 2 is 2.22 bits per heavy atom. The molecule has 0 radical (unpaired) electrons. The van der Waals surface area contributed by atoms with Crippen molar-refractivity contribution in [2.45, 2.75) is 19.4 Å². The second-order valence-electron chi connectivity index (χ2n) is 4.00. The van der Waals surface area contributed by atoms with E-state index < -0.39 is 0 Å². The van der Waals surface area contributed by atoms with Crippen molar-refractivity contribution in [2.75, 3.05) is 12.4 Å². The van der Waals surface area contributed by atoms with Gasteiger partial charge in [0, 0.05) is 17.3 Å². The average Bonchev–Trinajstić information content (AvgIpc) is 2.44. The van der Waals surface area contributed by atoms with Crippen molar-refractivity contribution in [2.24, 2.45) is 0 Å². The van der Waals surface area contributed by atoms with Crippen LogP contribution in [0.1, 0.15) is 13.3 Å². The van der Waals surface area contributed by atoms with Crippen LogP contribution in [0.4, 0.5) is 5.69 Å². The van der Waals surface area contributed by atoms with Gasteiger partial charge < -0.3 is 10.1 Å². The Balaban J connectivity index is 2.33. The average molecular weight is 244 g/mol. The summed E-state index contributed by atoms with van der Waals surface area (Å²) in [7, 11) is 1.40. The molecule has 4 heteroatoms. The van der Waals surface area contributed by atoms with E-state index in [0.717, 1.165) is 16.6 Å². The van der Waals surface area contributed by atoms with Gasteiger partial charge in [0.2, 0.25) is 0 Å². The zero-order valence-corrected chi connectivity index (χ0v) is 10.5. The highest BCUT2D eigenvalue weighted by molar-refractivity contribution is 5.93. The molecule has 0 bridgehead atoms. The fraction of sp³-hybridized carbons (Fsp3) is 0.286. The molecule has 1 N–H and O–H groups in total. The van der Waals surface area contributed by atoms with Crippen LogP contribution in [0.3, 0.4) is 0 Å². The summed E-state index contributed by atoms with van der Waals surface area (Å²) < 4.78 is 4.77. The summed E-state index contributed by atoms with van der Waals surface area (Å²) in [5.74, 6) is -0.251. The van der Waals surface area contributed by atoms with Gasteiger partial charge >= 0.3 is 5.97 Å². The predicted octanol–water partition coefficient (Wildman–Crippen LogP) is 2.60. The summed E-state index contributed by atoms with van der Waals surface area (Å²) in [5, 5.41) is 4.21. The van der Waals surface area contributed by atoms with Crippen LogP contribution in [-0.4, -0.2) is 24.1 Å². The molecule has 2 aromatic rings. The van der Waals surface area contributed by atoms with E-state index in [1.807, 2.05) is 37.3 Å². The molecule has 1 aromatic heterocycles. The molecule has 0 saturated heterocycles. The van der Waals surface area contributed by atoms with Gasteiger partial charge in [0.05, 0.1) is 12.6 Å². The van der Waals surface area contributed by atoms with Gasteiger partial charge in [-0.15, -0.1) is 0 Å². The van der Waals surface area contributed by atoms with Gasteiger partial charge in [-0.25, -0.2) is 4.79 Å². The molecular formula is C14H16N2O2. The quantitative estimate of drug-likeness (QED) is 0.840. The van der Waals surface area contributed by atoms with Gasteiger partial charge in [0.1, 0.15) is 6.04 Å². The Morgan fingerprint density at radius 3 is 2.94 bits per heavy atom. The number of esters is 1. The lowest BCUT2D eigenvalue weighted by molar-refractivity contribution is -0.141. The van der Waals surface area contributed by atoms with Crippen LogP contribution in [0.15, 0.2) is 36.5 Å². The van der Waals surface area contributed by atoms with Crippen LogP contribution in [0.25, 0.3) is 10.9 Å². The summed E-state index contributed by atoms with van der Waals surface area (Å²) >= 11 is 0. The number of fused-ring (bicyclic) bond motifs is 1. The highest BCUT2D eigenvalue weighted by atomic mass is 16.5. The molecule has 2 rings (SSSR count). The Morgan fingerprint density at radius 1 is 1.39 bits per heavy atom. The van der Waals surface area contributed by atoms with Crippen LogP contribution in [0, 0.1) is 0 Å². The van der Waals surface area contributed by atoms with Gasteiger partial charge in [0.25, 0.3) is 0 Å². The van der Waals surface area contributed by atoms with Crippen molar-refractivity contribution in [3.63, 3.8) is 0 Å². The molecule has 0 saturated carbocycles. The molecule has 4 nitrogen and oxygen atoms in total. The van der Waals surface area contributed by atoms with E-state index in [4.69, 9.17) is 4.74 Å². The summed E-state index contributed by atoms with van der Waals surface area (Å²) in [6.45, 7) is 1.94. The van der Waals surface area contributed by atoms with Gasteiger partial charge in [-0.2, -0.15) is 0 Å². The van der Waals surface area contributed by atoms with Gasteiger partial charge in [-0.05, 0) is 30.7 Å². The molecule has 1 atom stereocenters. The first kappa shape index (κ1) is 12.4. The second kappa shape index (κ2) is 5.49. The molecule has 0 amide bonds. The van der Waals surface area contributed by atoms with Crippen LogP contribution in [0.2, 0.25) is 0 Å². The third-order valence-corrected chi connectivity index (χ3v) is 2.87. The highest BCUT2D eigenvalue weighted by Gasteiger charge is 2.17. The van der Waals surface area contributed by atoms with Crippen molar-refractivity contribution in [1.29, 1.82) is 0 Å². The largest absolute Gasteiger partial charge is 0.467 e. The fourth-order valence-electron chi connectivity index (χ4n) is 1.89. The number of carbonyl (C=O) groups is 1. The number of aromatic nitrogens is 1. The number of nitrogens with zero attached hydrogens (tertiary/aromatic N) is 1. The molecule has 1 heterocycles. The molecule has 0 aliphatic carbocycles. The number of ether oxygens (including phenoxy) is 1. The minimum Gasteiger partial charge on any atom is -0.467 e. The molecule has 1 unspecified atom stereocenters. The highest BCUT2D eigenvalue weighted by Crippen LogP contribution is 2.22. The van der Waals surface area contributed by atoms with Crippen molar-refractivity contribution < 1.29 is 9.53 Å². The van der Waals surface area contributed by atoms with Gasteiger partial charge in [0.15, 0.2) is 0 Å². The summed E-state index contributed by atoms with van der Waals surface area (Å²) in [6, 6.07) is 9.33. The Hall–Kier alpha value is -2.10. The maximum absolute atomic E-state index is 11.6. The number of anilines is 1. The normalized spacial score (nSPS) is 12.1. The molecule has 18 heavy (non-hydrogen) atoms. The zero-order chi connectivity index (χ0) is 13.0. The monoisotopic (exact) mass is 244 g/mol. The maximum atomic E-state index is 11.6. The number of methoxy groups -OCH3 is 1. The third kappa shape index (κ3) is 2.42. The van der Waals surface area contributed by atoms with E-state index in [1.165, 1.54) is 7.11 Å². The topological polar surface area (TPSA) is 51.2 Å². The van der Waals surface area contributed by atoms with Crippen LogP contribution < -0.4 is 5.32 Å². The van der Waals surface area contributed by atoms with Crippen molar-refractivity contribution in [1.82, 2.24) is 4.98 Å². The van der Waals surface area contributed by atoms with E-state index in [2.05, 4.69) is 10.3 Å². The number of pyridine rings is 1. The van der Waals surface area contributed by atoms with Crippen molar-refractivity contribution >= 4 is 22.6 Å². The molecule has 94 valence electrons. The molecular weight excluding hydrogens is 228 g/mol. The molecule has 0 aliphatic rings. The first-order chi connectivity index (χ1) is 8.76. The van der Waals surface area contributed by atoms with Crippen LogP contribution >= 0.6 is 0 Å². The first-order valence-electron chi connectivity index (χ1n) is 5.94. The number of hydrogen-bond donors (Lipinski definition) is 1. The number of hydrogen-bond acceptors (Lipinski definition) is 4. The van der Waals surface area contributed by atoms with E-state index in [9.17, 15) is 4.79 Å². The lowest BCUT2D eigenvalue weighted by atomic mass is 10.1. The Bertz CT molecular complexity index is 549. The minimum absolute atomic E-state index is 0.251. The number of benzene rings is 1. The zero-order valence-electron chi connectivity index (χ0n) is 10.5. The number of nitrogens with one attached hydrogen (secondary N) is 1. The third-order valence-electron chi connectivity index (χ3n) is 2.87. The SMILES string of the molecule is CCC(Nc1cccc2ncccc12)C(=O)OC. The lowest BCUT2D eigenvalue weighted by Crippen LogP contribution is -2.29. The molecule has 0 aliphatic heterocycles. The van der Waals surface area contributed by atoms with E-state index in [0.29, 0.717) is 6.42 Å². The lowest BCUT2D eigenvalue weighted by Gasteiger charge is -2.17. The molecule has 1 aromatic carbocycles. The Labute approximate surface area is 106 Å². The van der Waals surface area contributed by atoms with Crippen LogP contribution in [-0.2, 0) is 9.53 Å². The number of rotatable bonds is 4. The van der Waals surface area contributed by atoms with Gasteiger partial charge in [-0.3, -0.25) is 4.98 Å². The Kier molecular flexibility index (Phi) is 3.77. The molecule has 0 spiro atoms.